The third-order valence-corrected chi connectivity index (χ3v) is 0. The predicted octanol–water partition coefficient (Wildman–Crippen LogP) is -1.92. The minimum absolute atomic E-state index is 0. The molecule has 0 amide bonds. The summed E-state index contributed by atoms with van der Waals surface area (Å²) in [5.41, 5.74) is 0. The van der Waals surface area contributed by atoms with Gasteiger partial charge in [-0.3, -0.25) is 4.21 Å². The Hall–Kier alpha value is 0.869. The first kappa shape index (κ1) is 9.29. The van der Waals surface area contributed by atoms with Gasteiger partial charge in [0.15, 0.2) is 0 Å². The van der Waals surface area contributed by atoms with Crippen molar-refractivity contribution >= 4 is 35.3 Å². The summed E-state index contributed by atoms with van der Waals surface area (Å²) in [6, 6.07) is 0. The average molecular weight is 201 g/mol. The van der Waals surface area contributed by atoms with E-state index in [0.29, 0.717) is 0 Å². The van der Waals surface area contributed by atoms with E-state index in [1.165, 1.54) is 0 Å². The second-order valence-corrected chi connectivity index (χ2v) is 0.612. The van der Waals surface area contributed by atoms with Gasteiger partial charge in [-0.15, -0.1) is 11.4 Å². The number of hydrogen-bond donors (Lipinski definition) is 0. The average Bonchev–Trinajstić information content (AvgIpc) is 0.811. The topological polar surface area (TPSA) is 63.2 Å². The molecule has 0 aliphatic carbocycles. The Kier molecular flexibility index (Phi) is 9.05. The molecule has 5 heavy (non-hydrogen) atoms. The molecule has 0 heterocycles. The number of hydrogen-bond acceptors (Lipinski definition) is 3. The van der Waals surface area contributed by atoms with E-state index in [0.717, 1.165) is 0 Å². The molecular formula is H2O3SSn. The monoisotopic (exact) mass is 202 g/mol. The van der Waals surface area contributed by atoms with Gasteiger partial charge < -0.3 is 9.11 Å². The third kappa shape index (κ3) is 53.1. The SMILES string of the molecule is O=S([O-])[O-].[SnH2+2]. The molecule has 3 nitrogen and oxygen atoms in total. The summed E-state index contributed by atoms with van der Waals surface area (Å²) in [4.78, 5) is 0. The quantitative estimate of drug-likeness (QED) is 0.339. The summed E-state index contributed by atoms with van der Waals surface area (Å²) in [5, 5.41) is 0. The van der Waals surface area contributed by atoms with Gasteiger partial charge in [0.05, 0.1) is 0 Å². The molecule has 0 unspecified atom stereocenters. The van der Waals surface area contributed by atoms with Crippen molar-refractivity contribution in [3.8, 4) is 0 Å². The molecule has 0 fully saturated rings. The normalized spacial score (nSPS) is 7.00. The Labute approximate surface area is 48.8 Å². The van der Waals surface area contributed by atoms with E-state index < -0.39 is 11.4 Å². The zero-order valence-electron chi connectivity index (χ0n) is 2.34. The Balaban J connectivity index is 0. The summed E-state index contributed by atoms with van der Waals surface area (Å²) in [6.45, 7) is 0. The van der Waals surface area contributed by atoms with E-state index in [1.807, 2.05) is 0 Å². The van der Waals surface area contributed by atoms with Crippen LogP contribution in [0.4, 0.5) is 0 Å². The molecule has 0 radical (unpaired) electrons. The van der Waals surface area contributed by atoms with Crippen molar-refractivity contribution in [1.82, 2.24) is 0 Å². The van der Waals surface area contributed by atoms with Crippen LogP contribution in [0.25, 0.3) is 0 Å². The second-order valence-electron chi connectivity index (χ2n) is 0.204. The molecule has 0 aromatic heterocycles. The molecule has 5 heteroatoms. The molecule has 0 atom stereocenters. The van der Waals surface area contributed by atoms with Gasteiger partial charge in [-0.1, -0.05) is 0 Å². The predicted molar refractivity (Wildman–Crippen MR) is 18.2 cm³/mol. The van der Waals surface area contributed by atoms with E-state index in [4.69, 9.17) is 13.3 Å². The van der Waals surface area contributed by atoms with E-state index >= 15 is 0 Å². The van der Waals surface area contributed by atoms with Gasteiger partial charge in [-0.25, -0.2) is 0 Å². The maximum atomic E-state index is 8.44. The Bertz CT molecular complexity index is 29.9. The van der Waals surface area contributed by atoms with Crippen LogP contribution in [0.1, 0.15) is 0 Å². The molecular weight excluding hydrogens is 199 g/mol. The van der Waals surface area contributed by atoms with Crippen LogP contribution in [0.5, 0.6) is 0 Å². The molecule has 0 saturated heterocycles. The van der Waals surface area contributed by atoms with Crippen molar-refractivity contribution in [3.05, 3.63) is 0 Å². The van der Waals surface area contributed by atoms with E-state index in [-0.39, 0.29) is 23.9 Å². The van der Waals surface area contributed by atoms with Crippen molar-refractivity contribution < 1.29 is 13.3 Å². The molecule has 0 N–H and O–H groups in total. The van der Waals surface area contributed by atoms with Crippen LogP contribution < -0.4 is 0 Å². The Morgan fingerprint density at radius 2 is 1.40 bits per heavy atom. The summed E-state index contributed by atoms with van der Waals surface area (Å²) in [6.07, 6.45) is 0. The Morgan fingerprint density at radius 1 is 1.40 bits per heavy atom. The minimum atomic E-state index is -3.11. The fourth-order valence-corrected chi connectivity index (χ4v) is 0. The first-order valence-electron chi connectivity index (χ1n) is 0.500. The van der Waals surface area contributed by atoms with Gasteiger partial charge in [0.25, 0.3) is 0 Å². The molecule has 0 rings (SSSR count). The van der Waals surface area contributed by atoms with E-state index in [9.17, 15) is 0 Å². The fourth-order valence-electron chi connectivity index (χ4n) is 0. The van der Waals surface area contributed by atoms with Crippen molar-refractivity contribution in [3.63, 3.8) is 0 Å². The van der Waals surface area contributed by atoms with E-state index in [2.05, 4.69) is 0 Å². The molecule has 0 aliphatic rings. The molecule has 0 bridgehead atoms. The number of rotatable bonds is 0. The van der Waals surface area contributed by atoms with Crippen molar-refractivity contribution in [2.75, 3.05) is 0 Å². The zero-order chi connectivity index (χ0) is 3.58. The summed E-state index contributed by atoms with van der Waals surface area (Å²) >= 11 is -3.11. The van der Waals surface area contributed by atoms with E-state index in [1.54, 1.807) is 0 Å². The van der Waals surface area contributed by atoms with Crippen LogP contribution in [0.3, 0.4) is 0 Å². The first-order chi connectivity index (χ1) is 1.73. The summed E-state index contributed by atoms with van der Waals surface area (Å²) in [5.74, 6) is 0. The zero-order valence-corrected chi connectivity index (χ0v) is 7.19. The fraction of sp³-hybridized carbons (Fsp3) is 0. The summed E-state index contributed by atoms with van der Waals surface area (Å²) in [7, 11) is 0. The maximum absolute atomic E-state index is 8.44. The van der Waals surface area contributed by atoms with Gasteiger partial charge in [-0.2, -0.15) is 0 Å². The van der Waals surface area contributed by atoms with Crippen LogP contribution in [0.2, 0.25) is 0 Å². The molecule has 0 aromatic carbocycles. The van der Waals surface area contributed by atoms with Crippen molar-refractivity contribution in [1.29, 1.82) is 0 Å². The van der Waals surface area contributed by atoms with Crippen LogP contribution in [-0.4, -0.2) is 37.2 Å². The molecule has 0 spiro atoms. The van der Waals surface area contributed by atoms with Gasteiger partial charge in [-0.05, 0) is 0 Å². The standard InChI is InChI=1S/H2O3S.Sn.2H/c1-4(2)3;;;/h(H2,1,2,3);;;/q;+2;;/p-2. The van der Waals surface area contributed by atoms with Crippen LogP contribution >= 0.6 is 0 Å². The molecule has 0 aromatic rings. The third-order valence-electron chi connectivity index (χ3n) is 0. The Morgan fingerprint density at radius 3 is 1.40 bits per heavy atom. The van der Waals surface area contributed by atoms with Gasteiger partial charge in [0, 0.05) is 0 Å². The van der Waals surface area contributed by atoms with Crippen LogP contribution in [0.15, 0.2) is 0 Å². The second kappa shape index (κ2) is 4.87. The first-order valence-corrected chi connectivity index (χ1v) is 1.50. The molecule has 0 saturated carbocycles. The van der Waals surface area contributed by atoms with Crippen LogP contribution in [0, 0.1) is 0 Å². The van der Waals surface area contributed by atoms with Gasteiger partial charge >= 0.3 is 23.9 Å². The van der Waals surface area contributed by atoms with Crippen molar-refractivity contribution in [2.45, 2.75) is 0 Å². The van der Waals surface area contributed by atoms with Crippen molar-refractivity contribution in [2.24, 2.45) is 0 Å². The van der Waals surface area contributed by atoms with Crippen LogP contribution in [-0.2, 0) is 11.4 Å². The van der Waals surface area contributed by atoms with Gasteiger partial charge in [0.1, 0.15) is 0 Å². The molecule has 0 aliphatic heterocycles. The van der Waals surface area contributed by atoms with Gasteiger partial charge in [0.2, 0.25) is 0 Å². The summed E-state index contributed by atoms with van der Waals surface area (Å²) < 4.78 is 25.3. The molecule has 30 valence electrons.